The largest absolute Gasteiger partial charge is 0.507 e. The van der Waals surface area contributed by atoms with E-state index in [0.29, 0.717) is 28.9 Å². The number of aliphatic hydroxyl groups is 1. The van der Waals surface area contributed by atoms with Gasteiger partial charge in [-0.1, -0.05) is 30.3 Å². The first-order valence-electron chi connectivity index (χ1n) is 10.4. The molecule has 0 saturated carbocycles. The number of urea groups is 1. The molecule has 0 aromatic heterocycles. The molecule has 33 heavy (non-hydrogen) atoms. The minimum atomic E-state index is -3.80. The molecule has 0 spiro atoms. The van der Waals surface area contributed by atoms with E-state index < -0.39 is 22.1 Å². The normalized spacial score (nSPS) is 12.1. The Bertz CT molecular complexity index is 1210. The molecule has 5 N–H and O–H groups in total. The minimum Gasteiger partial charge on any atom is -0.507 e. The van der Waals surface area contributed by atoms with E-state index >= 15 is 0 Å². The van der Waals surface area contributed by atoms with E-state index in [1.807, 2.05) is 0 Å². The first kappa shape index (κ1) is 24.1. The molecule has 8 nitrogen and oxygen atoms in total. The average molecular weight is 470 g/mol. The van der Waals surface area contributed by atoms with Gasteiger partial charge >= 0.3 is 6.03 Å². The second-order valence-corrected chi connectivity index (χ2v) is 9.32. The zero-order valence-electron chi connectivity index (χ0n) is 18.4. The van der Waals surface area contributed by atoms with Crippen LogP contribution in [0.1, 0.15) is 29.7 Å². The minimum absolute atomic E-state index is 0.0246. The molecule has 0 bridgehead atoms. The molecular formula is C24H27N3O5S. The molecule has 0 aliphatic rings. The number of amides is 2. The maximum absolute atomic E-state index is 12.6. The SMILES string of the molecule is Cc1cccc(C(C)NC(=O)Nc2ccc(S(=O)(=O)Nc3ccc(CCO)cc3)cc2)c1O. The fraction of sp³-hybridized carbons (Fsp3) is 0.208. The molecule has 2 amide bonds. The van der Waals surface area contributed by atoms with Crippen LogP contribution in [0.2, 0.25) is 0 Å². The molecule has 3 aromatic carbocycles. The van der Waals surface area contributed by atoms with Gasteiger partial charge in [-0.2, -0.15) is 0 Å². The third-order valence-corrected chi connectivity index (χ3v) is 6.51. The Labute approximate surface area is 193 Å². The van der Waals surface area contributed by atoms with Crippen molar-refractivity contribution in [2.24, 2.45) is 0 Å². The maximum atomic E-state index is 12.6. The van der Waals surface area contributed by atoms with Crippen LogP contribution in [0.15, 0.2) is 71.6 Å². The van der Waals surface area contributed by atoms with Gasteiger partial charge in [-0.25, -0.2) is 13.2 Å². The fourth-order valence-electron chi connectivity index (χ4n) is 3.27. The van der Waals surface area contributed by atoms with Crippen LogP contribution in [0.4, 0.5) is 16.2 Å². The van der Waals surface area contributed by atoms with Crippen molar-refractivity contribution in [2.75, 3.05) is 16.6 Å². The summed E-state index contributed by atoms with van der Waals surface area (Å²) >= 11 is 0. The first-order valence-corrected chi connectivity index (χ1v) is 11.9. The number of nitrogens with one attached hydrogen (secondary N) is 3. The Morgan fingerprint density at radius 2 is 1.61 bits per heavy atom. The van der Waals surface area contributed by atoms with Crippen molar-refractivity contribution >= 4 is 27.4 Å². The lowest BCUT2D eigenvalue weighted by Gasteiger charge is -2.17. The number of para-hydroxylation sites is 1. The molecular weight excluding hydrogens is 442 g/mol. The number of phenols is 1. The number of sulfonamides is 1. The molecule has 0 aliphatic carbocycles. The summed E-state index contributed by atoms with van der Waals surface area (Å²) in [7, 11) is -3.80. The molecule has 0 saturated heterocycles. The first-order chi connectivity index (χ1) is 15.7. The highest BCUT2D eigenvalue weighted by Crippen LogP contribution is 2.27. The number of aliphatic hydroxyl groups excluding tert-OH is 1. The lowest BCUT2D eigenvalue weighted by Crippen LogP contribution is -2.31. The van der Waals surface area contributed by atoms with E-state index in [1.165, 1.54) is 24.3 Å². The standard InChI is InChI=1S/C24H27N3O5S/c1-16-4-3-5-22(23(16)29)17(2)25-24(30)26-19-10-12-21(13-11-19)33(31,32)27-20-8-6-18(7-9-20)14-15-28/h3-13,17,27-29H,14-15H2,1-2H3,(H2,25,26,30). The lowest BCUT2D eigenvalue weighted by atomic mass is 10.0. The van der Waals surface area contributed by atoms with Gasteiger partial charge in [0.25, 0.3) is 10.0 Å². The van der Waals surface area contributed by atoms with Crippen molar-refractivity contribution in [2.45, 2.75) is 31.2 Å². The van der Waals surface area contributed by atoms with Gasteiger partial charge in [0.2, 0.25) is 0 Å². The van der Waals surface area contributed by atoms with E-state index in [9.17, 15) is 18.3 Å². The maximum Gasteiger partial charge on any atom is 0.319 e. The number of phenolic OH excluding ortho intramolecular Hbond substituents is 1. The van der Waals surface area contributed by atoms with Gasteiger partial charge in [-0.15, -0.1) is 0 Å². The van der Waals surface area contributed by atoms with Gasteiger partial charge < -0.3 is 20.8 Å². The number of carbonyl (C=O) groups is 1. The van der Waals surface area contributed by atoms with E-state index in [-0.39, 0.29) is 17.3 Å². The van der Waals surface area contributed by atoms with Crippen LogP contribution in [0, 0.1) is 6.92 Å². The average Bonchev–Trinajstić information content (AvgIpc) is 2.77. The second kappa shape index (κ2) is 10.4. The monoisotopic (exact) mass is 469 g/mol. The Balaban J connectivity index is 1.61. The van der Waals surface area contributed by atoms with Gasteiger partial charge in [-0.05, 0) is 67.8 Å². The van der Waals surface area contributed by atoms with Crippen molar-refractivity contribution in [3.05, 3.63) is 83.4 Å². The Morgan fingerprint density at radius 1 is 0.970 bits per heavy atom. The molecule has 1 unspecified atom stereocenters. The number of benzene rings is 3. The highest BCUT2D eigenvalue weighted by atomic mass is 32.2. The van der Waals surface area contributed by atoms with E-state index in [1.54, 1.807) is 56.3 Å². The molecule has 0 radical (unpaired) electrons. The Hall–Kier alpha value is -3.56. The molecule has 0 fully saturated rings. The topological polar surface area (TPSA) is 128 Å². The molecule has 9 heteroatoms. The molecule has 1 atom stereocenters. The summed E-state index contributed by atoms with van der Waals surface area (Å²) in [5.41, 5.74) is 3.04. The highest BCUT2D eigenvalue weighted by molar-refractivity contribution is 7.92. The predicted octanol–water partition coefficient (Wildman–Crippen LogP) is 3.92. The summed E-state index contributed by atoms with van der Waals surface area (Å²) in [5.74, 6) is 0.135. The van der Waals surface area contributed by atoms with Crippen LogP contribution in [-0.4, -0.2) is 31.3 Å². The Kier molecular flexibility index (Phi) is 7.57. The van der Waals surface area contributed by atoms with Crippen LogP contribution in [-0.2, 0) is 16.4 Å². The van der Waals surface area contributed by atoms with Crippen molar-refractivity contribution in [1.82, 2.24) is 5.32 Å². The highest BCUT2D eigenvalue weighted by Gasteiger charge is 2.16. The number of carbonyl (C=O) groups excluding carboxylic acids is 1. The molecule has 0 heterocycles. The third kappa shape index (κ3) is 6.24. The van der Waals surface area contributed by atoms with Gasteiger partial charge in [0.1, 0.15) is 5.75 Å². The molecule has 0 aliphatic heterocycles. The summed E-state index contributed by atoms with van der Waals surface area (Å²) in [5, 5.41) is 24.5. The lowest BCUT2D eigenvalue weighted by molar-refractivity contribution is 0.249. The number of aryl methyl sites for hydroxylation is 1. The van der Waals surface area contributed by atoms with E-state index in [2.05, 4.69) is 15.4 Å². The summed E-state index contributed by atoms with van der Waals surface area (Å²) < 4.78 is 27.8. The third-order valence-electron chi connectivity index (χ3n) is 5.11. The smallest absolute Gasteiger partial charge is 0.319 e. The van der Waals surface area contributed by atoms with Crippen LogP contribution in [0.3, 0.4) is 0 Å². The van der Waals surface area contributed by atoms with Crippen LogP contribution >= 0.6 is 0 Å². The number of rotatable bonds is 8. The van der Waals surface area contributed by atoms with E-state index in [0.717, 1.165) is 5.56 Å². The summed E-state index contributed by atoms with van der Waals surface area (Å²) in [6.45, 7) is 3.56. The Morgan fingerprint density at radius 3 is 2.24 bits per heavy atom. The van der Waals surface area contributed by atoms with Crippen molar-refractivity contribution in [3.63, 3.8) is 0 Å². The fourth-order valence-corrected chi connectivity index (χ4v) is 4.33. The predicted molar refractivity (Wildman–Crippen MR) is 128 cm³/mol. The number of anilines is 2. The van der Waals surface area contributed by atoms with Crippen molar-refractivity contribution < 1.29 is 23.4 Å². The van der Waals surface area contributed by atoms with Crippen molar-refractivity contribution in [1.29, 1.82) is 0 Å². The summed E-state index contributed by atoms with van der Waals surface area (Å²) in [4.78, 5) is 12.4. The van der Waals surface area contributed by atoms with Crippen LogP contribution in [0.5, 0.6) is 5.75 Å². The second-order valence-electron chi connectivity index (χ2n) is 7.63. The molecule has 3 aromatic rings. The summed E-state index contributed by atoms with van der Waals surface area (Å²) in [6.07, 6.45) is 0.500. The van der Waals surface area contributed by atoms with Crippen molar-refractivity contribution in [3.8, 4) is 5.75 Å². The molecule has 174 valence electrons. The zero-order chi connectivity index (χ0) is 24.0. The van der Waals surface area contributed by atoms with Gasteiger partial charge in [0.15, 0.2) is 0 Å². The van der Waals surface area contributed by atoms with E-state index in [4.69, 9.17) is 5.11 Å². The number of hydrogen-bond donors (Lipinski definition) is 5. The quantitative estimate of drug-likeness (QED) is 0.342. The number of aromatic hydroxyl groups is 1. The van der Waals surface area contributed by atoms with Crippen LogP contribution in [0.25, 0.3) is 0 Å². The molecule has 3 rings (SSSR count). The zero-order valence-corrected chi connectivity index (χ0v) is 19.2. The number of hydrogen-bond acceptors (Lipinski definition) is 5. The van der Waals surface area contributed by atoms with Crippen LogP contribution < -0.4 is 15.4 Å². The summed E-state index contributed by atoms with van der Waals surface area (Å²) in [6, 6.07) is 16.9. The van der Waals surface area contributed by atoms with Gasteiger partial charge in [0, 0.05) is 23.5 Å². The van der Waals surface area contributed by atoms with Gasteiger partial charge in [-0.3, -0.25) is 4.72 Å². The van der Waals surface area contributed by atoms with Gasteiger partial charge in [0.05, 0.1) is 10.9 Å².